The summed E-state index contributed by atoms with van der Waals surface area (Å²) in [6, 6.07) is 5.62. The average Bonchev–Trinajstić information content (AvgIpc) is 2.93. The molecule has 22 heavy (non-hydrogen) atoms. The number of ketones is 1. The molecule has 0 saturated carbocycles. The quantitative estimate of drug-likeness (QED) is 0.583. The number of ether oxygens (including phenoxy) is 1. The van der Waals surface area contributed by atoms with Gasteiger partial charge in [0.05, 0.1) is 5.75 Å². The zero-order valence-electron chi connectivity index (χ0n) is 11.6. The average molecular weight is 345 g/mol. The Morgan fingerprint density at radius 3 is 2.73 bits per heavy atom. The number of aromatic nitrogens is 2. The summed E-state index contributed by atoms with van der Waals surface area (Å²) in [5.74, 6) is 0.114. The minimum absolute atomic E-state index is 0.0265. The molecule has 0 aliphatic rings. The van der Waals surface area contributed by atoms with E-state index in [1.54, 1.807) is 0 Å². The fourth-order valence-electron chi connectivity index (χ4n) is 1.52. The number of nitrogens with one attached hydrogen (secondary N) is 1. The van der Waals surface area contributed by atoms with Gasteiger partial charge in [-0.15, -0.1) is 10.2 Å². The number of thioether (sulfide) groups is 1. The van der Waals surface area contributed by atoms with Crippen molar-refractivity contribution in [3.63, 3.8) is 0 Å². The second-order valence-electron chi connectivity index (χ2n) is 4.02. The first kappa shape index (κ1) is 16.6. The predicted molar refractivity (Wildman–Crippen MR) is 82.2 cm³/mol. The van der Waals surface area contributed by atoms with Gasteiger partial charge in [0.15, 0.2) is 10.1 Å². The number of benzene rings is 1. The molecule has 0 unspecified atom stereocenters. The molecule has 0 atom stereocenters. The van der Waals surface area contributed by atoms with Gasteiger partial charge in [0.1, 0.15) is 5.75 Å². The monoisotopic (exact) mass is 345 g/mol. The zero-order chi connectivity index (χ0) is 15.9. The van der Waals surface area contributed by atoms with Crippen LogP contribution in [-0.4, -0.2) is 34.9 Å². The van der Waals surface area contributed by atoms with Crippen LogP contribution in [0.15, 0.2) is 28.6 Å². The SMILES string of the molecule is CCNc1nnc(SCC(=O)c2ccc(OC(F)F)cc2)s1. The molecule has 0 aliphatic carbocycles. The number of anilines is 1. The van der Waals surface area contributed by atoms with Crippen LogP contribution in [0.4, 0.5) is 13.9 Å². The van der Waals surface area contributed by atoms with Gasteiger partial charge in [0, 0.05) is 12.1 Å². The molecule has 9 heteroatoms. The summed E-state index contributed by atoms with van der Waals surface area (Å²) < 4.78 is 29.0. The maximum absolute atomic E-state index is 12.0. The van der Waals surface area contributed by atoms with Crippen LogP contribution >= 0.6 is 23.1 Å². The smallest absolute Gasteiger partial charge is 0.387 e. The predicted octanol–water partition coefficient (Wildman–Crippen LogP) is 3.55. The summed E-state index contributed by atoms with van der Waals surface area (Å²) in [5.41, 5.74) is 0.436. The zero-order valence-corrected chi connectivity index (χ0v) is 13.2. The maximum Gasteiger partial charge on any atom is 0.387 e. The fourth-order valence-corrected chi connectivity index (χ4v) is 3.24. The Kier molecular flexibility index (Phi) is 6.08. The van der Waals surface area contributed by atoms with Gasteiger partial charge in [0.25, 0.3) is 0 Å². The number of hydrogen-bond acceptors (Lipinski definition) is 7. The molecule has 0 spiro atoms. The van der Waals surface area contributed by atoms with E-state index in [4.69, 9.17) is 0 Å². The molecule has 0 radical (unpaired) electrons. The Bertz CT molecular complexity index is 620. The van der Waals surface area contributed by atoms with Crippen LogP contribution in [0, 0.1) is 0 Å². The van der Waals surface area contributed by atoms with Crippen LogP contribution < -0.4 is 10.1 Å². The molecule has 118 valence electrons. The molecule has 0 amide bonds. The third-order valence-electron chi connectivity index (χ3n) is 2.46. The molecule has 0 aliphatic heterocycles. The highest BCUT2D eigenvalue weighted by Gasteiger charge is 2.11. The van der Waals surface area contributed by atoms with E-state index in [9.17, 15) is 13.6 Å². The third kappa shape index (κ3) is 4.92. The topological polar surface area (TPSA) is 64.1 Å². The van der Waals surface area contributed by atoms with Gasteiger partial charge in [-0.2, -0.15) is 8.78 Å². The van der Waals surface area contributed by atoms with Crippen LogP contribution in [-0.2, 0) is 0 Å². The van der Waals surface area contributed by atoms with Gasteiger partial charge >= 0.3 is 6.61 Å². The van der Waals surface area contributed by atoms with Crippen molar-refractivity contribution in [2.75, 3.05) is 17.6 Å². The van der Waals surface area contributed by atoms with Crippen molar-refractivity contribution in [3.05, 3.63) is 29.8 Å². The lowest BCUT2D eigenvalue weighted by molar-refractivity contribution is -0.0498. The van der Waals surface area contributed by atoms with E-state index in [2.05, 4.69) is 20.3 Å². The first-order chi connectivity index (χ1) is 10.6. The van der Waals surface area contributed by atoms with Crippen LogP contribution in [0.5, 0.6) is 5.75 Å². The molecule has 1 N–H and O–H groups in total. The number of carbonyl (C=O) groups is 1. The number of rotatable bonds is 8. The Morgan fingerprint density at radius 2 is 2.09 bits per heavy atom. The summed E-state index contributed by atoms with van der Waals surface area (Å²) in [4.78, 5) is 12.0. The highest BCUT2D eigenvalue weighted by Crippen LogP contribution is 2.26. The molecule has 0 fully saturated rings. The van der Waals surface area contributed by atoms with Crippen molar-refractivity contribution in [2.24, 2.45) is 0 Å². The lowest BCUT2D eigenvalue weighted by atomic mass is 10.1. The molecule has 1 aromatic heterocycles. The summed E-state index contributed by atoms with van der Waals surface area (Å²) in [7, 11) is 0. The van der Waals surface area contributed by atoms with E-state index in [0.717, 1.165) is 6.54 Å². The van der Waals surface area contributed by atoms with E-state index in [1.165, 1.54) is 47.4 Å². The fraction of sp³-hybridized carbons (Fsp3) is 0.308. The first-order valence-electron chi connectivity index (χ1n) is 6.36. The Morgan fingerprint density at radius 1 is 1.36 bits per heavy atom. The number of Topliss-reactive ketones (excluding diaryl/α,β-unsaturated/α-hetero) is 1. The van der Waals surface area contributed by atoms with E-state index in [1.807, 2.05) is 6.92 Å². The normalized spacial score (nSPS) is 10.7. The Balaban J connectivity index is 1.88. The number of hydrogen-bond donors (Lipinski definition) is 1. The molecule has 0 bridgehead atoms. The Labute approximate surface area is 134 Å². The lowest BCUT2D eigenvalue weighted by Gasteiger charge is -2.05. The van der Waals surface area contributed by atoms with E-state index < -0.39 is 6.61 Å². The summed E-state index contributed by atoms with van der Waals surface area (Å²) in [6.45, 7) is -0.162. The number of alkyl halides is 2. The summed E-state index contributed by atoms with van der Waals surface area (Å²) in [5, 5.41) is 11.6. The molecule has 2 rings (SSSR count). The number of halogens is 2. The summed E-state index contributed by atoms with van der Waals surface area (Å²) >= 11 is 2.67. The standard InChI is InChI=1S/C13H13F2N3O2S2/c1-2-16-12-17-18-13(22-12)21-7-10(19)8-3-5-9(6-4-8)20-11(14)15/h3-6,11H,2,7H2,1H3,(H,16,17). The second-order valence-corrected chi connectivity index (χ2v) is 6.22. The van der Waals surface area contributed by atoms with E-state index in [0.29, 0.717) is 15.0 Å². The van der Waals surface area contributed by atoms with Gasteiger partial charge in [-0.1, -0.05) is 23.1 Å². The van der Waals surface area contributed by atoms with E-state index in [-0.39, 0.29) is 17.3 Å². The number of nitrogens with zero attached hydrogens (tertiary/aromatic N) is 2. The molecular weight excluding hydrogens is 332 g/mol. The minimum atomic E-state index is -2.87. The molecule has 5 nitrogen and oxygen atoms in total. The van der Waals surface area contributed by atoms with Gasteiger partial charge in [-0.3, -0.25) is 4.79 Å². The first-order valence-corrected chi connectivity index (χ1v) is 8.17. The van der Waals surface area contributed by atoms with Crippen molar-refractivity contribution in [3.8, 4) is 5.75 Å². The Hall–Kier alpha value is -1.74. The van der Waals surface area contributed by atoms with Crippen molar-refractivity contribution < 1.29 is 18.3 Å². The van der Waals surface area contributed by atoms with Gasteiger partial charge in [0.2, 0.25) is 5.13 Å². The number of carbonyl (C=O) groups excluding carboxylic acids is 1. The second kappa shape index (κ2) is 8.04. The van der Waals surface area contributed by atoms with Crippen LogP contribution in [0.2, 0.25) is 0 Å². The highest BCUT2D eigenvalue weighted by molar-refractivity contribution is 8.01. The van der Waals surface area contributed by atoms with E-state index >= 15 is 0 Å². The highest BCUT2D eigenvalue weighted by atomic mass is 32.2. The molecular formula is C13H13F2N3O2S2. The maximum atomic E-state index is 12.0. The van der Waals surface area contributed by atoms with Gasteiger partial charge in [-0.25, -0.2) is 0 Å². The molecule has 2 aromatic rings. The summed E-state index contributed by atoms with van der Waals surface area (Å²) in [6.07, 6.45) is 0. The van der Waals surface area contributed by atoms with Gasteiger partial charge in [-0.05, 0) is 31.2 Å². The van der Waals surface area contributed by atoms with Gasteiger partial charge < -0.3 is 10.1 Å². The lowest BCUT2D eigenvalue weighted by Crippen LogP contribution is -2.04. The van der Waals surface area contributed by atoms with Crippen molar-refractivity contribution in [1.29, 1.82) is 0 Å². The van der Waals surface area contributed by atoms with Crippen molar-refractivity contribution >= 4 is 34.0 Å². The molecule has 0 saturated heterocycles. The largest absolute Gasteiger partial charge is 0.435 e. The van der Waals surface area contributed by atoms with Crippen LogP contribution in [0.25, 0.3) is 0 Å². The minimum Gasteiger partial charge on any atom is -0.435 e. The van der Waals surface area contributed by atoms with Crippen molar-refractivity contribution in [1.82, 2.24) is 10.2 Å². The van der Waals surface area contributed by atoms with Crippen LogP contribution in [0.3, 0.4) is 0 Å². The molecule has 1 aromatic carbocycles. The van der Waals surface area contributed by atoms with Crippen molar-refractivity contribution in [2.45, 2.75) is 17.9 Å². The van der Waals surface area contributed by atoms with Crippen LogP contribution in [0.1, 0.15) is 17.3 Å². The third-order valence-corrected chi connectivity index (χ3v) is 4.48. The molecule has 1 heterocycles.